The van der Waals surface area contributed by atoms with E-state index in [0.29, 0.717) is 33.8 Å². The van der Waals surface area contributed by atoms with Crippen molar-refractivity contribution in [2.45, 2.75) is 85.6 Å². The largest absolute Gasteiger partial charge is 0.357 e. The molecule has 0 radical (unpaired) electrons. The minimum Gasteiger partial charge on any atom is -0.357 e. The third-order valence-corrected chi connectivity index (χ3v) is 8.51. The molecule has 3 heterocycles. The highest BCUT2D eigenvalue weighted by Gasteiger charge is 2.33. The van der Waals surface area contributed by atoms with Crippen LogP contribution in [0.3, 0.4) is 0 Å². The Kier molecular flexibility index (Phi) is 9.99. The summed E-state index contributed by atoms with van der Waals surface area (Å²) in [6.07, 6.45) is 10.9. The number of hydrogen-bond acceptors (Lipinski definition) is 6. The molecule has 1 amide bonds. The lowest BCUT2D eigenvalue weighted by atomic mass is 9.97. The van der Waals surface area contributed by atoms with Gasteiger partial charge < -0.3 is 4.90 Å². The summed E-state index contributed by atoms with van der Waals surface area (Å²) in [5.74, 6) is 1.40. The van der Waals surface area contributed by atoms with Gasteiger partial charge in [-0.25, -0.2) is 0 Å². The lowest BCUT2D eigenvalue weighted by Crippen LogP contribution is -2.39. The van der Waals surface area contributed by atoms with Gasteiger partial charge in [-0.2, -0.15) is 5.26 Å². The summed E-state index contributed by atoms with van der Waals surface area (Å²) in [5, 5.41) is 9.75. The third-order valence-electron chi connectivity index (χ3n) is 7.13. The Morgan fingerprint density at radius 1 is 1.11 bits per heavy atom. The van der Waals surface area contributed by atoms with E-state index >= 15 is 0 Å². The first-order chi connectivity index (χ1) is 16.8. The number of thiocarbonyl (C=S) groups is 1. The highest BCUT2D eigenvalue weighted by molar-refractivity contribution is 8.26. The quantitative estimate of drug-likeness (QED) is 0.222. The lowest BCUT2D eigenvalue weighted by Gasteiger charge is -2.35. The Labute approximate surface area is 219 Å². The van der Waals surface area contributed by atoms with Crippen molar-refractivity contribution in [3.8, 4) is 6.07 Å². The first-order valence-electron chi connectivity index (χ1n) is 13.0. The van der Waals surface area contributed by atoms with Gasteiger partial charge in [-0.1, -0.05) is 69.9 Å². The fourth-order valence-corrected chi connectivity index (χ4v) is 6.16. The van der Waals surface area contributed by atoms with Gasteiger partial charge in [-0.05, 0) is 50.7 Å². The maximum Gasteiger partial charge on any atom is 0.270 e. The first kappa shape index (κ1) is 27.5. The highest BCUT2D eigenvalue weighted by Crippen LogP contribution is 2.36. The molecule has 3 rings (SSSR count). The second kappa shape index (κ2) is 12.7. The number of nitriles is 1. The highest BCUT2D eigenvalue weighted by atomic mass is 32.2. The van der Waals surface area contributed by atoms with Crippen LogP contribution in [0.1, 0.15) is 88.8 Å². The molecule has 2 aliphatic heterocycles. The number of nitrogens with zero attached hydrogens (tertiary/aromatic N) is 4. The van der Waals surface area contributed by atoms with Crippen LogP contribution in [0, 0.1) is 24.2 Å². The van der Waals surface area contributed by atoms with Crippen LogP contribution in [-0.2, 0) is 11.3 Å². The molecule has 6 nitrogen and oxygen atoms in total. The average Bonchev–Trinajstić information content (AvgIpc) is 3.11. The number of rotatable bonds is 10. The van der Waals surface area contributed by atoms with Crippen molar-refractivity contribution in [1.29, 1.82) is 5.26 Å². The van der Waals surface area contributed by atoms with Crippen molar-refractivity contribution in [2.24, 2.45) is 5.92 Å². The Hall–Kier alpha value is -2.11. The average molecular weight is 515 g/mol. The van der Waals surface area contributed by atoms with E-state index in [4.69, 9.17) is 12.2 Å². The molecule has 0 aliphatic carbocycles. The minimum atomic E-state index is -0.256. The zero-order chi connectivity index (χ0) is 25.5. The number of thioether (sulfide) groups is 1. The molecular formula is C27H38N4O2S2. The molecule has 0 saturated carbocycles. The summed E-state index contributed by atoms with van der Waals surface area (Å²) in [5.41, 5.74) is 1.32. The van der Waals surface area contributed by atoms with Crippen LogP contribution in [0.4, 0.5) is 5.82 Å². The van der Waals surface area contributed by atoms with Gasteiger partial charge in [0.05, 0.1) is 4.91 Å². The van der Waals surface area contributed by atoms with Crippen molar-refractivity contribution in [3.63, 3.8) is 0 Å². The number of aromatic nitrogens is 1. The maximum absolute atomic E-state index is 13.3. The number of anilines is 1. The number of amides is 1. The molecule has 0 atom stereocenters. The summed E-state index contributed by atoms with van der Waals surface area (Å²) in [4.78, 5) is 31.0. The first-order valence-corrected chi connectivity index (χ1v) is 14.2. The second-order valence-corrected chi connectivity index (χ2v) is 11.3. The van der Waals surface area contributed by atoms with Crippen molar-refractivity contribution >= 4 is 46.1 Å². The summed E-state index contributed by atoms with van der Waals surface area (Å²) in [6.45, 7) is 11.0. The molecule has 0 aromatic carbocycles. The lowest BCUT2D eigenvalue weighted by molar-refractivity contribution is -0.122. The number of pyridine rings is 1. The topological polar surface area (TPSA) is 69.3 Å². The molecule has 2 fully saturated rings. The summed E-state index contributed by atoms with van der Waals surface area (Å²) >= 11 is 6.89. The van der Waals surface area contributed by atoms with Crippen LogP contribution in [0.25, 0.3) is 6.08 Å². The molecule has 2 saturated heterocycles. The van der Waals surface area contributed by atoms with Crippen LogP contribution >= 0.6 is 24.0 Å². The van der Waals surface area contributed by atoms with Gasteiger partial charge in [0.2, 0.25) is 0 Å². The van der Waals surface area contributed by atoms with E-state index in [9.17, 15) is 14.9 Å². The fourth-order valence-electron chi connectivity index (χ4n) is 4.87. The maximum atomic E-state index is 13.3. The van der Waals surface area contributed by atoms with Crippen molar-refractivity contribution < 1.29 is 4.79 Å². The Morgan fingerprint density at radius 3 is 2.40 bits per heavy atom. The van der Waals surface area contributed by atoms with E-state index in [0.717, 1.165) is 50.2 Å². The van der Waals surface area contributed by atoms with Crippen molar-refractivity contribution in [1.82, 2.24) is 9.47 Å². The van der Waals surface area contributed by atoms with E-state index in [-0.39, 0.29) is 17.0 Å². The predicted molar refractivity (Wildman–Crippen MR) is 150 cm³/mol. The molecule has 2 aliphatic rings. The molecule has 0 spiro atoms. The van der Waals surface area contributed by atoms with E-state index in [1.54, 1.807) is 9.47 Å². The van der Waals surface area contributed by atoms with Crippen molar-refractivity contribution in [2.75, 3.05) is 24.5 Å². The number of unbranched alkanes of at least 4 members (excludes halogenated alkanes) is 5. The van der Waals surface area contributed by atoms with E-state index in [1.807, 2.05) is 19.9 Å². The Balaban J connectivity index is 1.94. The van der Waals surface area contributed by atoms with Gasteiger partial charge in [0.15, 0.2) is 0 Å². The summed E-state index contributed by atoms with van der Waals surface area (Å²) in [7, 11) is 0. The standard InChI is InChI=1S/C27H38N4O2S2/c1-5-7-8-9-10-11-14-31-26(33)23(35-27(31)34)17-21-20(4)22(18-28)25(32)30(6-2)24(21)29-15-12-19(3)13-16-29/h17,19H,5-16H2,1-4H3/b23-17+. The van der Waals surface area contributed by atoms with E-state index in [1.165, 1.54) is 37.4 Å². The SMILES string of the molecule is CCCCCCCCN1C(=O)/C(=C\c2c(C)c(C#N)c(=O)n(CC)c2N2CCC(C)CC2)SC1=S. The van der Waals surface area contributed by atoms with Crippen LogP contribution in [-0.4, -0.2) is 39.3 Å². The fraction of sp³-hybridized carbons (Fsp3) is 0.630. The van der Waals surface area contributed by atoms with Gasteiger partial charge in [0.1, 0.15) is 21.8 Å². The van der Waals surface area contributed by atoms with Gasteiger partial charge >= 0.3 is 0 Å². The number of hydrogen-bond donors (Lipinski definition) is 0. The summed E-state index contributed by atoms with van der Waals surface area (Å²) < 4.78 is 2.29. The van der Waals surface area contributed by atoms with Crippen LogP contribution in [0.15, 0.2) is 9.70 Å². The molecule has 190 valence electrons. The van der Waals surface area contributed by atoms with E-state index < -0.39 is 0 Å². The van der Waals surface area contributed by atoms with Gasteiger partial charge in [0, 0.05) is 31.7 Å². The summed E-state index contributed by atoms with van der Waals surface area (Å²) in [6, 6.07) is 2.11. The molecule has 35 heavy (non-hydrogen) atoms. The normalized spacial score (nSPS) is 18.1. The molecule has 0 N–H and O–H groups in total. The van der Waals surface area contributed by atoms with Crippen LogP contribution < -0.4 is 10.5 Å². The Bertz CT molecular complexity index is 1080. The molecular weight excluding hydrogens is 476 g/mol. The van der Waals surface area contributed by atoms with Crippen LogP contribution in [0.2, 0.25) is 0 Å². The zero-order valence-electron chi connectivity index (χ0n) is 21.6. The Morgan fingerprint density at radius 2 is 1.77 bits per heavy atom. The molecule has 0 unspecified atom stereocenters. The predicted octanol–water partition coefficient (Wildman–Crippen LogP) is 5.85. The third kappa shape index (κ3) is 6.18. The molecule has 0 bridgehead atoms. The zero-order valence-corrected chi connectivity index (χ0v) is 23.2. The smallest absolute Gasteiger partial charge is 0.270 e. The number of carbonyl (C=O) groups excluding carboxylic acids is 1. The van der Waals surface area contributed by atoms with Crippen molar-refractivity contribution in [3.05, 3.63) is 31.9 Å². The van der Waals surface area contributed by atoms with Crippen LogP contribution in [0.5, 0.6) is 0 Å². The molecule has 1 aromatic heterocycles. The number of carbonyl (C=O) groups is 1. The monoisotopic (exact) mass is 514 g/mol. The minimum absolute atomic E-state index is 0.0704. The molecule has 1 aromatic rings. The second-order valence-electron chi connectivity index (χ2n) is 9.67. The van der Waals surface area contributed by atoms with Gasteiger partial charge in [0.25, 0.3) is 11.5 Å². The van der Waals surface area contributed by atoms with Gasteiger partial charge in [-0.3, -0.25) is 19.1 Å². The molecule has 8 heteroatoms. The number of piperidine rings is 1. The van der Waals surface area contributed by atoms with Gasteiger partial charge in [-0.15, -0.1) is 0 Å². The van der Waals surface area contributed by atoms with E-state index in [2.05, 4.69) is 24.8 Å².